The Balaban J connectivity index is 3.00. The van der Waals surface area contributed by atoms with Gasteiger partial charge in [0.2, 0.25) is 0 Å². The molecule has 6 heteroatoms. The van der Waals surface area contributed by atoms with Crippen LogP contribution in [-0.4, -0.2) is 25.6 Å². The van der Waals surface area contributed by atoms with Crippen molar-refractivity contribution in [2.24, 2.45) is 0 Å². The van der Waals surface area contributed by atoms with Gasteiger partial charge in [-0.05, 0) is 25.1 Å². The van der Waals surface area contributed by atoms with E-state index in [1.807, 2.05) is 0 Å². The van der Waals surface area contributed by atoms with Gasteiger partial charge in [-0.15, -0.1) is 0 Å². The lowest BCUT2D eigenvalue weighted by Crippen LogP contribution is -2.34. The molecule has 0 saturated heterocycles. The van der Waals surface area contributed by atoms with Gasteiger partial charge in [0.1, 0.15) is 18.6 Å². The highest BCUT2D eigenvalue weighted by Crippen LogP contribution is 2.24. The van der Waals surface area contributed by atoms with Gasteiger partial charge in [-0.3, -0.25) is 4.79 Å². The first kappa shape index (κ1) is 13.5. The van der Waals surface area contributed by atoms with Crippen LogP contribution in [0.3, 0.4) is 0 Å². The Bertz CT molecular complexity index is 403. The topological polar surface area (TPSA) is 20.3 Å². The molecule has 1 aromatic carbocycles. The predicted molar refractivity (Wildman–Crippen MR) is 55.7 cm³/mol. The second-order valence-electron chi connectivity index (χ2n) is 3.46. The van der Waals surface area contributed by atoms with Crippen molar-refractivity contribution in [1.82, 2.24) is 0 Å². The number of aldehydes is 1. The highest BCUT2D eigenvalue weighted by Gasteiger charge is 2.31. The van der Waals surface area contributed by atoms with Crippen molar-refractivity contribution in [3.8, 4) is 0 Å². The number of benzene rings is 1. The predicted octanol–water partition coefficient (Wildman–Crippen LogP) is 3.03. The van der Waals surface area contributed by atoms with Crippen LogP contribution >= 0.6 is 0 Å². The Labute approximate surface area is 95.8 Å². The Morgan fingerprint density at radius 3 is 2.41 bits per heavy atom. The number of hydrogen-bond donors (Lipinski definition) is 0. The molecule has 0 unspecified atom stereocenters. The minimum atomic E-state index is -4.40. The van der Waals surface area contributed by atoms with E-state index < -0.39 is 18.5 Å². The standard InChI is InChI=1S/C11H11F4NO/c1-2-16(7-11(13,14)15)10-4-3-8(6-17)5-9(10)12/h3-6H,2,7H2,1H3. The summed E-state index contributed by atoms with van der Waals surface area (Å²) < 4.78 is 50.2. The molecular weight excluding hydrogens is 238 g/mol. The first-order chi connectivity index (χ1) is 7.87. The van der Waals surface area contributed by atoms with Crippen LogP contribution in [0.1, 0.15) is 17.3 Å². The largest absolute Gasteiger partial charge is 0.405 e. The number of alkyl halides is 3. The molecule has 94 valence electrons. The van der Waals surface area contributed by atoms with E-state index >= 15 is 0 Å². The van der Waals surface area contributed by atoms with Gasteiger partial charge in [0.15, 0.2) is 0 Å². The minimum absolute atomic E-state index is 0.0247. The van der Waals surface area contributed by atoms with Gasteiger partial charge in [0.25, 0.3) is 0 Å². The van der Waals surface area contributed by atoms with E-state index in [1.54, 1.807) is 0 Å². The third kappa shape index (κ3) is 3.72. The third-order valence-corrected chi connectivity index (χ3v) is 2.20. The van der Waals surface area contributed by atoms with Crippen molar-refractivity contribution in [3.63, 3.8) is 0 Å². The van der Waals surface area contributed by atoms with Crippen LogP contribution in [0.4, 0.5) is 23.2 Å². The Kier molecular flexibility index (Phi) is 4.09. The Hall–Kier alpha value is -1.59. The van der Waals surface area contributed by atoms with E-state index in [0.717, 1.165) is 11.0 Å². The summed E-state index contributed by atoms with van der Waals surface area (Å²) in [6.07, 6.45) is -3.96. The van der Waals surface area contributed by atoms with E-state index in [4.69, 9.17) is 0 Å². The third-order valence-electron chi connectivity index (χ3n) is 2.20. The highest BCUT2D eigenvalue weighted by atomic mass is 19.4. The monoisotopic (exact) mass is 249 g/mol. The van der Waals surface area contributed by atoms with Gasteiger partial charge < -0.3 is 4.90 Å². The number of carbonyl (C=O) groups excluding carboxylic acids is 1. The normalized spacial score (nSPS) is 11.4. The van der Waals surface area contributed by atoms with Crippen molar-refractivity contribution in [2.45, 2.75) is 13.1 Å². The minimum Gasteiger partial charge on any atom is -0.360 e. The van der Waals surface area contributed by atoms with Crippen LogP contribution in [0.25, 0.3) is 0 Å². The highest BCUT2D eigenvalue weighted by molar-refractivity contribution is 5.76. The lowest BCUT2D eigenvalue weighted by molar-refractivity contribution is -0.119. The molecule has 1 rings (SSSR count). The van der Waals surface area contributed by atoms with E-state index in [1.165, 1.54) is 19.1 Å². The quantitative estimate of drug-likeness (QED) is 0.604. The molecule has 0 aliphatic heterocycles. The van der Waals surface area contributed by atoms with Crippen molar-refractivity contribution < 1.29 is 22.4 Å². The summed E-state index contributed by atoms with van der Waals surface area (Å²) in [6.45, 7) is 0.302. The van der Waals surface area contributed by atoms with E-state index in [9.17, 15) is 22.4 Å². The number of carbonyl (C=O) groups is 1. The zero-order valence-electron chi connectivity index (χ0n) is 9.09. The molecule has 1 aromatic rings. The maximum Gasteiger partial charge on any atom is 0.405 e. The number of nitrogens with zero attached hydrogens (tertiary/aromatic N) is 1. The van der Waals surface area contributed by atoms with Crippen LogP contribution in [0.2, 0.25) is 0 Å². The van der Waals surface area contributed by atoms with Crippen molar-refractivity contribution >= 4 is 12.0 Å². The van der Waals surface area contributed by atoms with Crippen LogP contribution in [-0.2, 0) is 0 Å². The van der Waals surface area contributed by atoms with Crippen molar-refractivity contribution in [2.75, 3.05) is 18.0 Å². The molecule has 17 heavy (non-hydrogen) atoms. The van der Waals surface area contributed by atoms with Crippen LogP contribution in [0.15, 0.2) is 18.2 Å². The van der Waals surface area contributed by atoms with Gasteiger partial charge in [-0.2, -0.15) is 13.2 Å². The molecule has 0 aliphatic rings. The summed E-state index contributed by atoms with van der Waals surface area (Å²) >= 11 is 0. The molecule has 0 aromatic heterocycles. The SMILES string of the molecule is CCN(CC(F)(F)F)c1ccc(C=O)cc1F. The zero-order valence-corrected chi connectivity index (χ0v) is 9.09. The number of hydrogen-bond acceptors (Lipinski definition) is 2. The molecule has 0 spiro atoms. The summed E-state index contributed by atoms with van der Waals surface area (Å²) in [4.78, 5) is 11.2. The fraction of sp³-hybridized carbons (Fsp3) is 0.364. The second-order valence-corrected chi connectivity index (χ2v) is 3.46. The van der Waals surface area contributed by atoms with Crippen molar-refractivity contribution in [3.05, 3.63) is 29.6 Å². The lowest BCUT2D eigenvalue weighted by atomic mass is 10.2. The van der Waals surface area contributed by atoms with Gasteiger partial charge >= 0.3 is 6.18 Å². The molecule has 0 bridgehead atoms. The number of anilines is 1. The first-order valence-corrected chi connectivity index (χ1v) is 4.94. The smallest absolute Gasteiger partial charge is 0.360 e. The lowest BCUT2D eigenvalue weighted by Gasteiger charge is -2.24. The summed E-state index contributed by atoms with van der Waals surface area (Å²) in [5, 5.41) is 0. The molecule has 0 fully saturated rings. The first-order valence-electron chi connectivity index (χ1n) is 4.94. The summed E-state index contributed by atoms with van der Waals surface area (Å²) in [5.74, 6) is -0.833. The maximum absolute atomic E-state index is 13.5. The fourth-order valence-corrected chi connectivity index (χ4v) is 1.44. The van der Waals surface area contributed by atoms with Crippen LogP contribution < -0.4 is 4.90 Å². The molecule has 2 nitrogen and oxygen atoms in total. The zero-order chi connectivity index (χ0) is 13.1. The van der Waals surface area contributed by atoms with E-state index in [0.29, 0.717) is 6.29 Å². The van der Waals surface area contributed by atoms with Crippen LogP contribution in [0.5, 0.6) is 0 Å². The number of rotatable bonds is 4. The summed E-state index contributed by atoms with van der Waals surface area (Å²) in [7, 11) is 0. The van der Waals surface area contributed by atoms with Gasteiger partial charge in [0, 0.05) is 12.1 Å². The van der Waals surface area contributed by atoms with Gasteiger partial charge in [-0.25, -0.2) is 4.39 Å². The molecule has 0 aliphatic carbocycles. The Morgan fingerprint density at radius 1 is 1.35 bits per heavy atom. The van der Waals surface area contributed by atoms with E-state index in [2.05, 4.69) is 0 Å². The molecule has 0 radical (unpaired) electrons. The summed E-state index contributed by atoms with van der Waals surface area (Å²) in [6, 6.07) is 3.38. The summed E-state index contributed by atoms with van der Waals surface area (Å²) in [5.41, 5.74) is -0.0651. The molecule has 0 atom stereocenters. The van der Waals surface area contributed by atoms with Crippen LogP contribution in [0, 0.1) is 5.82 Å². The average molecular weight is 249 g/mol. The van der Waals surface area contributed by atoms with Gasteiger partial charge in [-0.1, -0.05) is 0 Å². The number of halogens is 4. The molecular formula is C11H11F4NO. The molecule has 0 amide bonds. The molecule has 0 heterocycles. The molecule has 0 N–H and O–H groups in total. The molecule has 0 saturated carbocycles. The van der Waals surface area contributed by atoms with Crippen molar-refractivity contribution in [1.29, 1.82) is 0 Å². The van der Waals surface area contributed by atoms with Gasteiger partial charge in [0.05, 0.1) is 5.69 Å². The fourth-order valence-electron chi connectivity index (χ4n) is 1.44. The second kappa shape index (κ2) is 5.16. The average Bonchev–Trinajstić information content (AvgIpc) is 2.24. The maximum atomic E-state index is 13.5. The Morgan fingerprint density at radius 2 is 2.00 bits per heavy atom. The van der Waals surface area contributed by atoms with E-state index in [-0.39, 0.29) is 17.8 Å².